The van der Waals surface area contributed by atoms with E-state index >= 15 is 0 Å². The molecule has 0 aliphatic carbocycles. The summed E-state index contributed by atoms with van der Waals surface area (Å²) < 4.78 is 22.6. The van der Waals surface area contributed by atoms with Gasteiger partial charge in [-0.3, -0.25) is 9.59 Å². The number of rotatable bonds is 12. The molecule has 2 heterocycles. The third-order valence-electron chi connectivity index (χ3n) is 6.29. The highest BCUT2D eigenvalue weighted by Gasteiger charge is 2.46. The number of hydrogen-bond donors (Lipinski definition) is 1. The molecule has 1 fully saturated rings. The third kappa shape index (κ3) is 5.69. The number of ether oxygens (including phenoxy) is 3. The van der Waals surface area contributed by atoms with Gasteiger partial charge in [0.25, 0.3) is 11.7 Å². The quantitative estimate of drug-likeness (QED) is 0.138. The summed E-state index contributed by atoms with van der Waals surface area (Å²) >= 11 is 0. The molecule has 3 aromatic rings. The summed E-state index contributed by atoms with van der Waals surface area (Å²) in [6.45, 7) is 5.19. The van der Waals surface area contributed by atoms with Gasteiger partial charge in [0.1, 0.15) is 17.3 Å². The minimum Gasteiger partial charge on any atom is -0.507 e. The zero-order valence-corrected chi connectivity index (χ0v) is 21.9. The van der Waals surface area contributed by atoms with Gasteiger partial charge in [0.2, 0.25) is 0 Å². The largest absolute Gasteiger partial charge is 0.507 e. The number of furan rings is 1. The molecule has 38 heavy (non-hydrogen) atoms. The first-order valence-corrected chi connectivity index (χ1v) is 12.8. The molecule has 8 nitrogen and oxygen atoms in total. The lowest BCUT2D eigenvalue weighted by atomic mass is 9.95. The van der Waals surface area contributed by atoms with Gasteiger partial charge < -0.3 is 28.6 Å². The zero-order valence-electron chi connectivity index (χ0n) is 21.9. The number of Topliss-reactive ketones (excluding diaryl/α,β-unsaturated/α-hetero) is 1. The standard InChI is InChI=1S/C30H33NO7/c1-4-6-15-38-24-13-12-20(18-25(24)35-3)27-26(28(32)21-9-7-10-22(17-21)36-14-5-2)29(33)30(34)31(27)19-23-11-8-16-37-23/h7-13,16-18,27,32H,4-6,14-15,19H2,1-3H3. The highest BCUT2D eigenvalue weighted by Crippen LogP contribution is 2.43. The first kappa shape index (κ1) is 26.9. The molecule has 1 saturated heterocycles. The average molecular weight is 520 g/mol. The van der Waals surface area contributed by atoms with E-state index in [4.69, 9.17) is 18.6 Å². The van der Waals surface area contributed by atoms with Crippen molar-refractivity contribution in [3.8, 4) is 17.2 Å². The number of hydrogen-bond acceptors (Lipinski definition) is 7. The average Bonchev–Trinajstić information content (AvgIpc) is 3.54. The Balaban J connectivity index is 1.80. The Morgan fingerprint density at radius 3 is 2.53 bits per heavy atom. The topological polar surface area (TPSA) is 98.4 Å². The molecule has 1 atom stereocenters. The fraction of sp³-hybridized carbons (Fsp3) is 0.333. The van der Waals surface area contributed by atoms with Gasteiger partial charge in [0.05, 0.1) is 44.7 Å². The fourth-order valence-corrected chi connectivity index (χ4v) is 4.37. The monoisotopic (exact) mass is 519 g/mol. The normalized spacial score (nSPS) is 16.6. The van der Waals surface area contributed by atoms with Crippen LogP contribution in [0.15, 0.2) is 70.9 Å². The minimum absolute atomic E-state index is 0.0177. The number of likely N-dealkylation sites (tertiary alicyclic amines) is 1. The maximum atomic E-state index is 13.4. The summed E-state index contributed by atoms with van der Waals surface area (Å²) in [4.78, 5) is 28.0. The Hall–Kier alpha value is -4.20. The van der Waals surface area contributed by atoms with Crippen LogP contribution in [-0.2, 0) is 16.1 Å². The van der Waals surface area contributed by atoms with Crippen LogP contribution in [0.5, 0.6) is 17.2 Å². The first-order chi connectivity index (χ1) is 18.5. The van der Waals surface area contributed by atoms with E-state index < -0.39 is 17.7 Å². The van der Waals surface area contributed by atoms with Crippen LogP contribution in [0.2, 0.25) is 0 Å². The van der Waals surface area contributed by atoms with E-state index in [1.807, 2.05) is 6.92 Å². The summed E-state index contributed by atoms with van der Waals surface area (Å²) in [5, 5.41) is 11.4. The number of ketones is 1. The molecule has 1 aromatic heterocycles. The number of nitrogens with zero attached hydrogens (tertiary/aromatic N) is 1. The Bertz CT molecular complexity index is 1300. The molecular formula is C30H33NO7. The molecule has 1 amide bonds. The van der Waals surface area contributed by atoms with Gasteiger partial charge in [-0.2, -0.15) is 0 Å². The second-order valence-corrected chi connectivity index (χ2v) is 8.99. The maximum absolute atomic E-state index is 13.4. The predicted octanol–water partition coefficient (Wildman–Crippen LogP) is 5.88. The third-order valence-corrected chi connectivity index (χ3v) is 6.29. The van der Waals surface area contributed by atoms with Crippen LogP contribution in [0, 0.1) is 0 Å². The van der Waals surface area contributed by atoms with Crippen molar-refractivity contribution in [3.63, 3.8) is 0 Å². The molecule has 1 aliphatic heterocycles. The van der Waals surface area contributed by atoms with E-state index in [9.17, 15) is 14.7 Å². The lowest BCUT2D eigenvalue weighted by Crippen LogP contribution is -2.29. The molecule has 4 rings (SSSR count). The van der Waals surface area contributed by atoms with E-state index in [0.29, 0.717) is 47.3 Å². The molecule has 8 heteroatoms. The van der Waals surface area contributed by atoms with Crippen LogP contribution in [0.3, 0.4) is 0 Å². The van der Waals surface area contributed by atoms with Crippen molar-refractivity contribution in [2.24, 2.45) is 0 Å². The van der Waals surface area contributed by atoms with Gasteiger partial charge >= 0.3 is 0 Å². The van der Waals surface area contributed by atoms with Crippen LogP contribution < -0.4 is 14.2 Å². The van der Waals surface area contributed by atoms with Crippen LogP contribution in [0.4, 0.5) is 0 Å². The number of carbonyl (C=O) groups is 2. The summed E-state index contributed by atoms with van der Waals surface area (Å²) in [5.41, 5.74) is 0.956. The summed E-state index contributed by atoms with van der Waals surface area (Å²) in [6.07, 6.45) is 4.23. The van der Waals surface area contributed by atoms with Gasteiger partial charge in [-0.05, 0) is 54.8 Å². The summed E-state index contributed by atoms with van der Waals surface area (Å²) in [5.74, 6) is 0.325. The number of benzene rings is 2. The van der Waals surface area contributed by atoms with Gasteiger partial charge in [-0.25, -0.2) is 0 Å². The molecule has 200 valence electrons. The number of aliphatic hydroxyl groups is 1. The first-order valence-electron chi connectivity index (χ1n) is 12.8. The molecule has 0 saturated carbocycles. The van der Waals surface area contributed by atoms with E-state index in [1.54, 1.807) is 54.6 Å². The summed E-state index contributed by atoms with van der Waals surface area (Å²) in [7, 11) is 1.54. The number of unbranched alkanes of at least 4 members (excludes halogenated alkanes) is 1. The number of aliphatic hydroxyl groups excluding tert-OH is 1. The molecule has 1 unspecified atom stereocenters. The molecule has 0 radical (unpaired) electrons. The van der Waals surface area contributed by atoms with Crippen LogP contribution >= 0.6 is 0 Å². The van der Waals surface area contributed by atoms with E-state index in [1.165, 1.54) is 18.3 Å². The molecule has 1 aliphatic rings. The number of methoxy groups -OCH3 is 1. The molecule has 0 spiro atoms. The SMILES string of the molecule is CCCCOc1ccc(C2C(=C(O)c3cccc(OCCC)c3)C(=O)C(=O)N2Cc2ccco2)cc1OC. The van der Waals surface area contributed by atoms with Crippen molar-refractivity contribution in [2.45, 2.75) is 45.7 Å². The van der Waals surface area contributed by atoms with Crippen LogP contribution in [-0.4, -0.2) is 42.0 Å². The smallest absolute Gasteiger partial charge is 0.296 e. The van der Waals surface area contributed by atoms with Crippen molar-refractivity contribution in [1.82, 2.24) is 4.90 Å². The van der Waals surface area contributed by atoms with Crippen molar-refractivity contribution in [3.05, 3.63) is 83.3 Å². The van der Waals surface area contributed by atoms with Crippen molar-refractivity contribution >= 4 is 17.4 Å². The Kier molecular flexibility index (Phi) is 8.73. The molecule has 2 aromatic carbocycles. The molecule has 1 N–H and O–H groups in total. The fourth-order valence-electron chi connectivity index (χ4n) is 4.37. The Morgan fingerprint density at radius 2 is 1.82 bits per heavy atom. The Morgan fingerprint density at radius 1 is 0.974 bits per heavy atom. The lowest BCUT2D eigenvalue weighted by Gasteiger charge is -2.25. The molecule has 0 bridgehead atoms. The maximum Gasteiger partial charge on any atom is 0.296 e. The van der Waals surface area contributed by atoms with Gasteiger partial charge in [0.15, 0.2) is 11.5 Å². The van der Waals surface area contributed by atoms with Crippen molar-refractivity contribution in [2.75, 3.05) is 20.3 Å². The molecular weight excluding hydrogens is 486 g/mol. The van der Waals surface area contributed by atoms with Crippen LogP contribution in [0.25, 0.3) is 5.76 Å². The number of carbonyl (C=O) groups excluding carboxylic acids is 2. The number of amides is 1. The minimum atomic E-state index is -0.876. The second-order valence-electron chi connectivity index (χ2n) is 8.99. The van der Waals surface area contributed by atoms with Gasteiger partial charge in [-0.1, -0.05) is 38.5 Å². The van der Waals surface area contributed by atoms with Crippen LogP contribution in [0.1, 0.15) is 56.0 Å². The highest BCUT2D eigenvalue weighted by atomic mass is 16.5. The predicted molar refractivity (Wildman–Crippen MR) is 142 cm³/mol. The van der Waals surface area contributed by atoms with E-state index in [0.717, 1.165) is 19.3 Å². The second kappa shape index (κ2) is 12.4. The van der Waals surface area contributed by atoms with E-state index in [2.05, 4.69) is 6.92 Å². The van der Waals surface area contributed by atoms with Crippen molar-refractivity contribution < 1.29 is 33.3 Å². The van der Waals surface area contributed by atoms with Gasteiger partial charge in [0, 0.05) is 5.56 Å². The zero-order chi connectivity index (χ0) is 27.1. The lowest BCUT2D eigenvalue weighted by molar-refractivity contribution is -0.140. The highest BCUT2D eigenvalue weighted by molar-refractivity contribution is 6.46. The van der Waals surface area contributed by atoms with Crippen molar-refractivity contribution in [1.29, 1.82) is 0 Å². The summed E-state index contributed by atoms with van der Waals surface area (Å²) in [6, 6.07) is 14.7. The Labute approximate surface area is 222 Å². The van der Waals surface area contributed by atoms with Gasteiger partial charge in [-0.15, -0.1) is 0 Å². The van der Waals surface area contributed by atoms with E-state index in [-0.39, 0.29) is 17.9 Å².